The molecule has 1 atom stereocenters. The molecule has 1 heterocycles. The van der Waals surface area contributed by atoms with Gasteiger partial charge in [-0.2, -0.15) is 0 Å². The maximum atomic E-state index is 12.0. The van der Waals surface area contributed by atoms with Gasteiger partial charge in [0.1, 0.15) is 11.5 Å². The van der Waals surface area contributed by atoms with E-state index in [2.05, 4.69) is 42.3 Å². The molecule has 2 rings (SSSR count). The van der Waals surface area contributed by atoms with E-state index in [-0.39, 0.29) is 5.91 Å². The van der Waals surface area contributed by atoms with E-state index >= 15 is 0 Å². The monoisotopic (exact) mass is 402 g/mol. The molecule has 0 aliphatic rings. The van der Waals surface area contributed by atoms with Crippen LogP contribution in [0.15, 0.2) is 37.7 Å². The standard InChI is InChI=1S/C13H12Br2N2O3/c1-7-5-12(17-20-7)16-13(18)8(2)19-11-4-3-9(14)6-10(11)15/h3-6,8H,1-2H3,(H,16,17,18)/t8-/m1/s1. The van der Waals surface area contributed by atoms with Gasteiger partial charge in [-0.15, -0.1) is 0 Å². The van der Waals surface area contributed by atoms with E-state index in [1.165, 1.54) is 0 Å². The summed E-state index contributed by atoms with van der Waals surface area (Å²) in [5.41, 5.74) is 0. The minimum absolute atomic E-state index is 0.298. The first kappa shape index (κ1) is 15.1. The van der Waals surface area contributed by atoms with Crippen molar-refractivity contribution >= 4 is 43.6 Å². The highest BCUT2D eigenvalue weighted by Crippen LogP contribution is 2.29. The Morgan fingerprint density at radius 2 is 2.15 bits per heavy atom. The van der Waals surface area contributed by atoms with Gasteiger partial charge in [-0.25, -0.2) is 0 Å². The number of nitrogens with one attached hydrogen (secondary N) is 1. The molecule has 1 amide bonds. The molecule has 106 valence electrons. The summed E-state index contributed by atoms with van der Waals surface area (Å²) >= 11 is 6.74. The summed E-state index contributed by atoms with van der Waals surface area (Å²) in [7, 11) is 0. The van der Waals surface area contributed by atoms with Gasteiger partial charge in [-0.05, 0) is 48.0 Å². The summed E-state index contributed by atoms with van der Waals surface area (Å²) in [5, 5.41) is 6.32. The van der Waals surface area contributed by atoms with Crippen molar-refractivity contribution < 1.29 is 14.1 Å². The van der Waals surface area contributed by atoms with E-state index in [4.69, 9.17) is 9.26 Å². The molecule has 1 N–H and O–H groups in total. The number of halogens is 2. The third-order valence-electron chi connectivity index (χ3n) is 2.45. The third-order valence-corrected chi connectivity index (χ3v) is 3.56. The van der Waals surface area contributed by atoms with Gasteiger partial charge in [0.25, 0.3) is 5.91 Å². The molecule has 0 saturated heterocycles. The number of carbonyl (C=O) groups is 1. The van der Waals surface area contributed by atoms with Gasteiger partial charge in [0, 0.05) is 10.5 Å². The summed E-state index contributed by atoms with van der Waals surface area (Å²) in [6.45, 7) is 3.41. The van der Waals surface area contributed by atoms with Gasteiger partial charge in [0.15, 0.2) is 11.9 Å². The van der Waals surface area contributed by atoms with Gasteiger partial charge in [-0.1, -0.05) is 21.1 Å². The first-order chi connectivity index (χ1) is 9.45. The molecule has 0 saturated carbocycles. The minimum Gasteiger partial charge on any atom is -0.480 e. The molecule has 0 radical (unpaired) electrons. The number of hydrogen-bond acceptors (Lipinski definition) is 4. The highest BCUT2D eigenvalue weighted by molar-refractivity contribution is 9.11. The molecule has 0 fully saturated rings. The van der Waals surface area contributed by atoms with Crippen molar-refractivity contribution in [1.29, 1.82) is 0 Å². The zero-order valence-corrected chi connectivity index (χ0v) is 14.0. The lowest BCUT2D eigenvalue weighted by Crippen LogP contribution is -2.30. The first-order valence-electron chi connectivity index (χ1n) is 5.81. The Kier molecular flexibility index (Phi) is 4.82. The fraction of sp³-hybridized carbons (Fsp3) is 0.231. The van der Waals surface area contributed by atoms with Crippen LogP contribution in [-0.2, 0) is 4.79 Å². The van der Waals surface area contributed by atoms with Gasteiger partial charge in [-0.3, -0.25) is 4.79 Å². The zero-order chi connectivity index (χ0) is 14.7. The fourth-order valence-corrected chi connectivity index (χ4v) is 2.61. The number of nitrogens with zero attached hydrogens (tertiary/aromatic N) is 1. The molecular formula is C13H12Br2N2O3. The Morgan fingerprint density at radius 3 is 2.75 bits per heavy atom. The highest BCUT2D eigenvalue weighted by Gasteiger charge is 2.17. The van der Waals surface area contributed by atoms with Gasteiger partial charge >= 0.3 is 0 Å². The Hall–Kier alpha value is -1.34. The molecule has 0 spiro atoms. The number of carbonyl (C=O) groups excluding carboxylic acids is 1. The Bertz CT molecular complexity index is 628. The normalized spacial score (nSPS) is 12.0. The van der Waals surface area contributed by atoms with Crippen LogP contribution in [0.3, 0.4) is 0 Å². The van der Waals surface area contributed by atoms with E-state index in [0.29, 0.717) is 17.3 Å². The van der Waals surface area contributed by atoms with Crippen LogP contribution in [0.2, 0.25) is 0 Å². The van der Waals surface area contributed by atoms with Crippen LogP contribution in [0.4, 0.5) is 5.82 Å². The molecule has 1 aromatic heterocycles. The van der Waals surface area contributed by atoms with E-state index in [1.807, 2.05) is 12.1 Å². The van der Waals surface area contributed by atoms with Gasteiger partial charge in [0.05, 0.1) is 4.47 Å². The summed E-state index contributed by atoms with van der Waals surface area (Å²) in [6, 6.07) is 7.10. The van der Waals surface area contributed by atoms with E-state index in [1.54, 1.807) is 26.0 Å². The minimum atomic E-state index is -0.663. The molecule has 20 heavy (non-hydrogen) atoms. The first-order valence-corrected chi connectivity index (χ1v) is 7.40. The molecule has 0 bridgehead atoms. The second-order valence-electron chi connectivity index (χ2n) is 4.15. The third kappa shape index (κ3) is 3.83. The molecule has 0 aliphatic carbocycles. The van der Waals surface area contributed by atoms with Crippen LogP contribution in [0.25, 0.3) is 0 Å². The molecule has 2 aromatic rings. The van der Waals surface area contributed by atoms with Gasteiger partial charge < -0.3 is 14.6 Å². The lowest BCUT2D eigenvalue weighted by Gasteiger charge is -2.14. The lowest BCUT2D eigenvalue weighted by molar-refractivity contribution is -0.122. The van der Waals surface area contributed by atoms with Crippen molar-refractivity contribution in [2.45, 2.75) is 20.0 Å². The van der Waals surface area contributed by atoms with Gasteiger partial charge in [0.2, 0.25) is 0 Å². The SMILES string of the molecule is Cc1cc(NC(=O)[C@@H](C)Oc2ccc(Br)cc2Br)no1. The number of ether oxygens (including phenoxy) is 1. The van der Waals surface area contributed by atoms with Crippen LogP contribution >= 0.6 is 31.9 Å². The topological polar surface area (TPSA) is 64.4 Å². The number of rotatable bonds is 4. The van der Waals surface area contributed by atoms with Crippen LogP contribution in [-0.4, -0.2) is 17.2 Å². The van der Waals surface area contributed by atoms with E-state index in [9.17, 15) is 4.79 Å². The highest BCUT2D eigenvalue weighted by atomic mass is 79.9. The largest absolute Gasteiger partial charge is 0.480 e. The summed E-state index contributed by atoms with van der Waals surface area (Å²) < 4.78 is 12.2. The Balaban J connectivity index is 2.00. The number of aromatic nitrogens is 1. The van der Waals surface area contributed by atoms with Crippen LogP contribution < -0.4 is 10.1 Å². The van der Waals surface area contributed by atoms with Crippen molar-refractivity contribution in [1.82, 2.24) is 5.16 Å². The molecular weight excluding hydrogens is 392 g/mol. The van der Waals surface area contributed by atoms with Crippen molar-refractivity contribution in [3.63, 3.8) is 0 Å². The number of aryl methyl sites for hydroxylation is 1. The van der Waals surface area contributed by atoms with Crippen LogP contribution in [0, 0.1) is 6.92 Å². The molecule has 7 heteroatoms. The summed E-state index contributed by atoms with van der Waals surface area (Å²) in [4.78, 5) is 12.0. The average molecular weight is 404 g/mol. The molecule has 1 aromatic carbocycles. The molecule has 0 unspecified atom stereocenters. The fourth-order valence-electron chi connectivity index (χ4n) is 1.47. The predicted octanol–water partition coefficient (Wildman–Crippen LogP) is 3.91. The number of amides is 1. The van der Waals surface area contributed by atoms with E-state index < -0.39 is 6.10 Å². The number of benzene rings is 1. The smallest absolute Gasteiger partial charge is 0.266 e. The zero-order valence-electron chi connectivity index (χ0n) is 10.8. The van der Waals surface area contributed by atoms with Crippen LogP contribution in [0.1, 0.15) is 12.7 Å². The Morgan fingerprint density at radius 1 is 1.40 bits per heavy atom. The van der Waals surface area contributed by atoms with Crippen molar-refractivity contribution in [3.05, 3.63) is 39.0 Å². The maximum Gasteiger partial charge on any atom is 0.266 e. The van der Waals surface area contributed by atoms with Crippen LogP contribution in [0.5, 0.6) is 5.75 Å². The van der Waals surface area contributed by atoms with E-state index in [0.717, 1.165) is 8.95 Å². The molecule has 0 aliphatic heterocycles. The van der Waals surface area contributed by atoms with Crippen molar-refractivity contribution in [3.8, 4) is 5.75 Å². The number of hydrogen-bond donors (Lipinski definition) is 1. The Labute approximate surface area is 132 Å². The predicted molar refractivity (Wildman–Crippen MR) is 81.8 cm³/mol. The maximum absolute atomic E-state index is 12.0. The number of anilines is 1. The second-order valence-corrected chi connectivity index (χ2v) is 5.92. The quantitative estimate of drug-likeness (QED) is 0.840. The summed E-state index contributed by atoms with van der Waals surface area (Å²) in [5.74, 6) is 1.29. The van der Waals surface area contributed by atoms with Crippen molar-refractivity contribution in [2.75, 3.05) is 5.32 Å². The lowest BCUT2D eigenvalue weighted by atomic mass is 10.3. The van der Waals surface area contributed by atoms with Crippen molar-refractivity contribution in [2.24, 2.45) is 0 Å². The summed E-state index contributed by atoms with van der Waals surface area (Å²) in [6.07, 6.45) is -0.663. The second kappa shape index (κ2) is 6.41. The molecule has 5 nitrogen and oxygen atoms in total. The average Bonchev–Trinajstić information content (AvgIpc) is 2.78.